The number of furan rings is 1. The van der Waals surface area contributed by atoms with Crippen molar-refractivity contribution >= 4 is 0 Å². The summed E-state index contributed by atoms with van der Waals surface area (Å²) in [5.74, 6) is 0.789. The second-order valence-electron chi connectivity index (χ2n) is 6.81. The van der Waals surface area contributed by atoms with Crippen LogP contribution in [-0.2, 0) is 17.9 Å². The van der Waals surface area contributed by atoms with Gasteiger partial charge in [0.25, 0.3) is 0 Å². The lowest BCUT2D eigenvalue weighted by Crippen LogP contribution is -2.48. The number of hydrogen-bond donors (Lipinski definition) is 1. The summed E-state index contributed by atoms with van der Waals surface area (Å²) in [5, 5.41) is 10.1. The zero-order chi connectivity index (χ0) is 17.5. The number of aliphatic hydroxyl groups is 1. The van der Waals surface area contributed by atoms with Gasteiger partial charge in [-0.25, -0.2) is 0 Å². The molecule has 1 aromatic carbocycles. The lowest BCUT2D eigenvalue weighted by molar-refractivity contribution is -0.00307. The van der Waals surface area contributed by atoms with Crippen molar-refractivity contribution in [1.82, 2.24) is 9.80 Å². The molecule has 1 unspecified atom stereocenters. The highest BCUT2D eigenvalue weighted by Gasteiger charge is 2.19. The minimum absolute atomic E-state index is 0.338. The van der Waals surface area contributed by atoms with Crippen molar-refractivity contribution in [3.05, 3.63) is 59.5 Å². The van der Waals surface area contributed by atoms with Gasteiger partial charge in [0.1, 0.15) is 12.4 Å². The van der Waals surface area contributed by atoms with Crippen LogP contribution in [0.25, 0.3) is 0 Å². The molecule has 0 bridgehead atoms. The summed E-state index contributed by atoms with van der Waals surface area (Å²) < 4.78 is 10.7. The third kappa shape index (κ3) is 5.97. The van der Waals surface area contributed by atoms with Crippen molar-refractivity contribution in [3.63, 3.8) is 0 Å². The molecule has 0 radical (unpaired) electrons. The Hall–Kier alpha value is -1.66. The van der Waals surface area contributed by atoms with Crippen LogP contribution in [0.15, 0.2) is 47.1 Å². The first-order valence-corrected chi connectivity index (χ1v) is 8.97. The van der Waals surface area contributed by atoms with E-state index in [0.717, 1.165) is 38.5 Å². The number of β-amino-alcohol motifs (C(OH)–C–C–N with tert-alkyl or cyclic N) is 1. The van der Waals surface area contributed by atoms with Gasteiger partial charge in [-0.3, -0.25) is 9.80 Å². The van der Waals surface area contributed by atoms with Gasteiger partial charge in [0.2, 0.25) is 0 Å². The quantitative estimate of drug-likeness (QED) is 0.796. The highest BCUT2D eigenvalue weighted by Crippen LogP contribution is 2.10. The van der Waals surface area contributed by atoms with Crippen LogP contribution in [0, 0.1) is 6.92 Å². The molecule has 1 aliphatic heterocycles. The van der Waals surface area contributed by atoms with Crippen LogP contribution in [0.5, 0.6) is 0 Å². The maximum Gasteiger partial charge on any atom is 0.129 e. The van der Waals surface area contributed by atoms with Gasteiger partial charge in [0, 0.05) is 39.3 Å². The zero-order valence-electron chi connectivity index (χ0n) is 14.9. The SMILES string of the molecule is Cc1ccc(CN2CCN(CC(O)COCc3ccco3)CC2)cc1. The fourth-order valence-electron chi connectivity index (χ4n) is 3.12. The fourth-order valence-corrected chi connectivity index (χ4v) is 3.12. The van der Waals surface area contributed by atoms with Gasteiger partial charge >= 0.3 is 0 Å². The normalized spacial score (nSPS) is 17.7. The van der Waals surface area contributed by atoms with E-state index in [1.54, 1.807) is 6.26 Å². The van der Waals surface area contributed by atoms with Gasteiger partial charge in [-0.1, -0.05) is 29.8 Å². The Labute approximate surface area is 149 Å². The fraction of sp³-hybridized carbons (Fsp3) is 0.500. The van der Waals surface area contributed by atoms with E-state index in [1.807, 2.05) is 12.1 Å². The van der Waals surface area contributed by atoms with Gasteiger partial charge in [0.15, 0.2) is 0 Å². The molecular formula is C20H28N2O3. The van der Waals surface area contributed by atoms with Crippen molar-refractivity contribution in [3.8, 4) is 0 Å². The molecule has 2 heterocycles. The number of ether oxygens (including phenoxy) is 1. The number of rotatable bonds is 8. The topological polar surface area (TPSA) is 49.1 Å². The molecule has 0 amide bonds. The number of hydrogen-bond acceptors (Lipinski definition) is 5. The maximum atomic E-state index is 10.1. The van der Waals surface area contributed by atoms with Crippen molar-refractivity contribution in [2.24, 2.45) is 0 Å². The lowest BCUT2D eigenvalue weighted by atomic mass is 10.1. The predicted molar refractivity (Wildman–Crippen MR) is 97.3 cm³/mol. The van der Waals surface area contributed by atoms with Crippen LogP contribution < -0.4 is 0 Å². The smallest absolute Gasteiger partial charge is 0.129 e. The molecule has 0 saturated carbocycles. The van der Waals surface area contributed by atoms with Gasteiger partial charge in [-0.05, 0) is 24.6 Å². The Bertz CT molecular complexity index is 604. The molecule has 1 N–H and O–H groups in total. The third-order valence-corrected chi connectivity index (χ3v) is 4.60. The van der Waals surface area contributed by atoms with E-state index >= 15 is 0 Å². The van der Waals surface area contributed by atoms with Crippen LogP contribution in [0.2, 0.25) is 0 Å². The first kappa shape index (κ1) is 18.1. The summed E-state index contributed by atoms with van der Waals surface area (Å²) in [6.07, 6.45) is 1.17. The van der Waals surface area contributed by atoms with E-state index < -0.39 is 6.10 Å². The Kier molecular flexibility index (Phi) is 6.64. The first-order chi connectivity index (χ1) is 12.2. The van der Waals surface area contributed by atoms with Crippen LogP contribution in [0.4, 0.5) is 0 Å². The van der Waals surface area contributed by atoms with Gasteiger partial charge in [-0.15, -0.1) is 0 Å². The van der Waals surface area contributed by atoms with Gasteiger partial charge in [-0.2, -0.15) is 0 Å². The molecule has 136 valence electrons. The molecule has 5 nitrogen and oxygen atoms in total. The number of aryl methyl sites for hydroxylation is 1. The highest BCUT2D eigenvalue weighted by atomic mass is 16.5. The molecule has 1 aliphatic rings. The zero-order valence-corrected chi connectivity index (χ0v) is 14.9. The average Bonchev–Trinajstić information content (AvgIpc) is 3.12. The largest absolute Gasteiger partial charge is 0.467 e. The first-order valence-electron chi connectivity index (χ1n) is 8.97. The number of nitrogens with zero attached hydrogens (tertiary/aromatic N) is 2. The van der Waals surface area contributed by atoms with Crippen molar-refractivity contribution in [2.45, 2.75) is 26.2 Å². The van der Waals surface area contributed by atoms with Crippen molar-refractivity contribution in [2.75, 3.05) is 39.3 Å². The molecule has 25 heavy (non-hydrogen) atoms. The van der Waals surface area contributed by atoms with Crippen LogP contribution in [0.3, 0.4) is 0 Å². The molecule has 1 fully saturated rings. The van der Waals surface area contributed by atoms with Crippen molar-refractivity contribution in [1.29, 1.82) is 0 Å². The third-order valence-electron chi connectivity index (χ3n) is 4.60. The number of benzene rings is 1. The van der Waals surface area contributed by atoms with Crippen LogP contribution >= 0.6 is 0 Å². The van der Waals surface area contributed by atoms with Crippen molar-refractivity contribution < 1.29 is 14.3 Å². The second kappa shape index (κ2) is 9.15. The minimum atomic E-state index is -0.460. The number of piperazine rings is 1. The summed E-state index contributed by atoms with van der Waals surface area (Å²) >= 11 is 0. The summed E-state index contributed by atoms with van der Waals surface area (Å²) in [6, 6.07) is 12.5. The molecule has 3 rings (SSSR count). The van der Waals surface area contributed by atoms with Crippen LogP contribution in [0.1, 0.15) is 16.9 Å². The van der Waals surface area contributed by atoms with Crippen LogP contribution in [-0.4, -0.2) is 60.3 Å². The van der Waals surface area contributed by atoms with E-state index in [4.69, 9.17) is 9.15 Å². The Morgan fingerprint density at radius 3 is 2.48 bits per heavy atom. The van der Waals surface area contributed by atoms with Gasteiger partial charge < -0.3 is 14.3 Å². The molecule has 1 aromatic heterocycles. The Morgan fingerprint density at radius 2 is 1.80 bits per heavy atom. The highest BCUT2D eigenvalue weighted by molar-refractivity contribution is 5.21. The number of aliphatic hydroxyl groups excluding tert-OH is 1. The van der Waals surface area contributed by atoms with E-state index in [-0.39, 0.29) is 0 Å². The summed E-state index contributed by atoms with van der Waals surface area (Å²) in [5.41, 5.74) is 2.67. The molecule has 0 aliphatic carbocycles. The van der Waals surface area contributed by atoms with E-state index in [1.165, 1.54) is 11.1 Å². The molecular weight excluding hydrogens is 316 g/mol. The standard InChI is InChI=1S/C20H28N2O3/c1-17-4-6-18(7-5-17)13-21-8-10-22(11-9-21)14-19(23)15-24-16-20-3-2-12-25-20/h2-7,12,19,23H,8-11,13-16H2,1H3. The minimum Gasteiger partial charge on any atom is -0.467 e. The molecule has 1 atom stereocenters. The second-order valence-corrected chi connectivity index (χ2v) is 6.81. The predicted octanol–water partition coefficient (Wildman–Crippen LogP) is 2.28. The summed E-state index contributed by atoms with van der Waals surface area (Å²) in [6.45, 7) is 8.58. The maximum absolute atomic E-state index is 10.1. The monoisotopic (exact) mass is 344 g/mol. The van der Waals surface area contributed by atoms with E-state index in [9.17, 15) is 5.11 Å². The van der Waals surface area contributed by atoms with E-state index in [2.05, 4.69) is 41.0 Å². The lowest BCUT2D eigenvalue weighted by Gasteiger charge is -2.35. The molecule has 1 saturated heterocycles. The molecule has 2 aromatic rings. The Balaban J connectivity index is 1.32. The summed E-state index contributed by atoms with van der Waals surface area (Å²) in [7, 11) is 0. The average molecular weight is 344 g/mol. The van der Waals surface area contributed by atoms with Gasteiger partial charge in [0.05, 0.1) is 19.0 Å². The Morgan fingerprint density at radius 1 is 1.08 bits per heavy atom. The van der Waals surface area contributed by atoms with E-state index in [0.29, 0.717) is 19.8 Å². The summed E-state index contributed by atoms with van der Waals surface area (Å²) in [4.78, 5) is 4.79. The molecule has 5 heteroatoms. The molecule has 0 spiro atoms.